The predicted octanol–water partition coefficient (Wildman–Crippen LogP) is 5.01. The number of hydrogen-bond acceptors (Lipinski definition) is 2. The number of allylic oxidation sites excluding steroid dienone is 1. The van der Waals surface area contributed by atoms with Crippen LogP contribution in [0.1, 0.15) is 33.3 Å². The Bertz CT molecular complexity index is 513. The lowest BCUT2D eigenvalue weighted by atomic mass is 10.2. The maximum absolute atomic E-state index is 6.33. The molecular formula is C19H28O2Si. The number of benzene rings is 1. The molecule has 0 aliphatic heterocycles. The van der Waals surface area contributed by atoms with Gasteiger partial charge in [0.1, 0.15) is 5.75 Å². The van der Waals surface area contributed by atoms with Crippen molar-refractivity contribution in [3.63, 3.8) is 0 Å². The molecule has 0 fully saturated rings. The van der Waals surface area contributed by atoms with Gasteiger partial charge in [-0.2, -0.15) is 0 Å². The zero-order valence-corrected chi connectivity index (χ0v) is 15.5. The van der Waals surface area contributed by atoms with Crippen LogP contribution in [-0.4, -0.2) is 22.0 Å². The summed E-state index contributed by atoms with van der Waals surface area (Å²) in [6.07, 6.45) is 2.00. The normalized spacial score (nSPS) is 11.2. The van der Waals surface area contributed by atoms with Gasteiger partial charge in [-0.15, -0.1) is 6.58 Å². The second-order valence-electron chi connectivity index (χ2n) is 6.08. The summed E-state index contributed by atoms with van der Waals surface area (Å²) in [6, 6.07) is 8.75. The minimum Gasteiger partial charge on any atom is -0.497 e. The van der Waals surface area contributed by atoms with Crippen molar-refractivity contribution in [2.24, 2.45) is 0 Å². The minimum atomic E-state index is -1.84. The van der Waals surface area contributed by atoms with E-state index in [1.165, 1.54) is 0 Å². The van der Waals surface area contributed by atoms with E-state index in [2.05, 4.69) is 46.1 Å². The first-order valence-electron chi connectivity index (χ1n) is 7.84. The standard InChI is InChI=1S/C19H28O2Si/c1-7-15-22(16(2)3,17(4)5)21-14-8-9-18-10-12-19(20-6)13-11-18/h7,10-13,16-17H,1,14-15H2,2-6H3. The first-order chi connectivity index (χ1) is 10.5. The Morgan fingerprint density at radius 2 is 1.73 bits per heavy atom. The molecule has 1 aromatic rings. The summed E-state index contributed by atoms with van der Waals surface area (Å²) in [6.45, 7) is 13.4. The van der Waals surface area contributed by atoms with Gasteiger partial charge in [-0.1, -0.05) is 45.6 Å². The highest BCUT2D eigenvalue weighted by Crippen LogP contribution is 2.36. The Balaban J connectivity index is 2.73. The van der Waals surface area contributed by atoms with E-state index in [1.807, 2.05) is 30.3 Å². The van der Waals surface area contributed by atoms with Crippen molar-refractivity contribution < 1.29 is 9.16 Å². The summed E-state index contributed by atoms with van der Waals surface area (Å²) in [7, 11) is -0.181. The van der Waals surface area contributed by atoms with Crippen LogP contribution in [0.25, 0.3) is 0 Å². The monoisotopic (exact) mass is 316 g/mol. The molecule has 0 amide bonds. The Morgan fingerprint density at radius 3 is 2.18 bits per heavy atom. The van der Waals surface area contributed by atoms with Gasteiger partial charge in [-0.25, -0.2) is 0 Å². The highest BCUT2D eigenvalue weighted by atomic mass is 28.4. The lowest BCUT2D eigenvalue weighted by Crippen LogP contribution is -2.44. The molecule has 0 spiro atoms. The lowest BCUT2D eigenvalue weighted by Gasteiger charge is -2.37. The molecule has 0 N–H and O–H groups in total. The SMILES string of the molecule is C=CC[Si](OCC#Cc1ccc(OC)cc1)(C(C)C)C(C)C. The molecule has 0 aliphatic rings. The Morgan fingerprint density at radius 1 is 1.14 bits per heavy atom. The molecule has 22 heavy (non-hydrogen) atoms. The molecule has 0 saturated heterocycles. The van der Waals surface area contributed by atoms with Crippen molar-refractivity contribution >= 4 is 8.32 Å². The molecule has 0 heterocycles. The average molecular weight is 317 g/mol. The molecule has 2 nitrogen and oxygen atoms in total. The molecular weight excluding hydrogens is 288 g/mol. The second kappa shape index (κ2) is 8.82. The van der Waals surface area contributed by atoms with E-state index in [0.717, 1.165) is 17.4 Å². The maximum atomic E-state index is 6.33. The topological polar surface area (TPSA) is 18.5 Å². The van der Waals surface area contributed by atoms with Gasteiger partial charge in [-0.3, -0.25) is 0 Å². The largest absolute Gasteiger partial charge is 0.497 e. The van der Waals surface area contributed by atoms with Gasteiger partial charge in [0.25, 0.3) is 0 Å². The third-order valence-corrected chi connectivity index (χ3v) is 9.67. The molecule has 0 atom stereocenters. The molecule has 0 aromatic heterocycles. The first-order valence-corrected chi connectivity index (χ1v) is 10.1. The van der Waals surface area contributed by atoms with E-state index in [9.17, 15) is 0 Å². The van der Waals surface area contributed by atoms with Crippen molar-refractivity contribution in [1.29, 1.82) is 0 Å². The van der Waals surface area contributed by atoms with Crippen molar-refractivity contribution in [2.75, 3.05) is 13.7 Å². The third kappa shape index (κ3) is 4.76. The van der Waals surface area contributed by atoms with E-state index in [0.29, 0.717) is 17.7 Å². The number of methoxy groups -OCH3 is 1. The predicted molar refractivity (Wildman–Crippen MR) is 96.8 cm³/mol. The van der Waals surface area contributed by atoms with Gasteiger partial charge >= 0.3 is 0 Å². The molecule has 3 heteroatoms. The van der Waals surface area contributed by atoms with Crippen LogP contribution in [0.3, 0.4) is 0 Å². The molecule has 120 valence electrons. The number of hydrogen-bond donors (Lipinski definition) is 0. The van der Waals surface area contributed by atoms with Crippen molar-refractivity contribution in [3.05, 3.63) is 42.5 Å². The van der Waals surface area contributed by atoms with Gasteiger partial charge in [0.05, 0.1) is 13.7 Å². The third-order valence-electron chi connectivity index (χ3n) is 4.15. The fourth-order valence-electron chi connectivity index (χ4n) is 2.74. The lowest BCUT2D eigenvalue weighted by molar-refractivity contribution is 0.334. The average Bonchev–Trinajstić information content (AvgIpc) is 2.50. The highest BCUT2D eigenvalue weighted by Gasteiger charge is 2.40. The van der Waals surface area contributed by atoms with Gasteiger partial charge in [-0.05, 0) is 41.4 Å². The molecule has 0 saturated carbocycles. The van der Waals surface area contributed by atoms with Gasteiger partial charge < -0.3 is 9.16 Å². The van der Waals surface area contributed by atoms with E-state index >= 15 is 0 Å². The van der Waals surface area contributed by atoms with Crippen LogP contribution in [0.5, 0.6) is 5.75 Å². The van der Waals surface area contributed by atoms with Crippen molar-refractivity contribution in [2.45, 2.75) is 44.8 Å². The van der Waals surface area contributed by atoms with E-state index < -0.39 is 8.32 Å². The van der Waals surface area contributed by atoms with E-state index in [1.54, 1.807) is 7.11 Å². The van der Waals surface area contributed by atoms with Crippen LogP contribution in [0.4, 0.5) is 0 Å². The van der Waals surface area contributed by atoms with Gasteiger partial charge in [0, 0.05) is 5.56 Å². The summed E-state index contributed by atoms with van der Waals surface area (Å²) in [5.74, 6) is 7.15. The quantitative estimate of drug-likeness (QED) is 0.400. The second-order valence-corrected chi connectivity index (χ2v) is 11.0. The molecule has 1 aromatic carbocycles. The zero-order chi connectivity index (χ0) is 16.6. The van der Waals surface area contributed by atoms with Crippen LogP contribution in [0.15, 0.2) is 36.9 Å². The summed E-state index contributed by atoms with van der Waals surface area (Å²) >= 11 is 0. The summed E-state index contributed by atoms with van der Waals surface area (Å²) < 4.78 is 11.5. The smallest absolute Gasteiger partial charge is 0.202 e. The first kappa shape index (κ1) is 18.5. The Hall–Kier alpha value is -1.50. The number of ether oxygens (including phenoxy) is 1. The molecule has 0 radical (unpaired) electrons. The van der Waals surface area contributed by atoms with E-state index in [4.69, 9.17) is 9.16 Å². The van der Waals surface area contributed by atoms with Gasteiger partial charge in [0.2, 0.25) is 8.32 Å². The molecule has 0 bridgehead atoms. The molecule has 1 rings (SSSR count). The Labute approximate surface area is 136 Å². The molecule has 0 unspecified atom stereocenters. The highest BCUT2D eigenvalue weighted by molar-refractivity contribution is 6.76. The van der Waals surface area contributed by atoms with Crippen LogP contribution in [0.2, 0.25) is 17.1 Å². The summed E-state index contributed by atoms with van der Waals surface area (Å²) in [4.78, 5) is 0. The maximum Gasteiger partial charge on any atom is 0.202 e. The minimum absolute atomic E-state index is 0.489. The van der Waals surface area contributed by atoms with Crippen LogP contribution in [-0.2, 0) is 4.43 Å². The van der Waals surface area contributed by atoms with Crippen LogP contribution >= 0.6 is 0 Å². The number of rotatable bonds is 7. The fourth-order valence-corrected chi connectivity index (χ4v) is 6.59. The Kier molecular flexibility index (Phi) is 7.44. The summed E-state index contributed by atoms with van der Waals surface area (Å²) in [5, 5.41) is 0. The van der Waals surface area contributed by atoms with Crippen LogP contribution in [0, 0.1) is 11.8 Å². The zero-order valence-electron chi connectivity index (χ0n) is 14.5. The van der Waals surface area contributed by atoms with E-state index in [-0.39, 0.29) is 0 Å². The van der Waals surface area contributed by atoms with Gasteiger partial charge in [0.15, 0.2) is 0 Å². The van der Waals surface area contributed by atoms with Crippen LogP contribution < -0.4 is 4.74 Å². The fraction of sp³-hybridized carbons (Fsp3) is 0.474. The van der Waals surface area contributed by atoms with Crippen molar-refractivity contribution in [1.82, 2.24) is 0 Å². The van der Waals surface area contributed by atoms with Crippen molar-refractivity contribution in [3.8, 4) is 17.6 Å². The molecule has 0 aliphatic carbocycles. The summed E-state index contributed by atoms with van der Waals surface area (Å²) in [5.41, 5.74) is 2.08.